The number of β-lactam (4-membered cyclic amide) rings is 1. The van der Waals surface area contributed by atoms with Crippen molar-refractivity contribution in [3.63, 3.8) is 0 Å². The third-order valence-electron chi connectivity index (χ3n) is 5.81. The Kier molecular flexibility index (Phi) is 5.56. The molecule has 144 valence electrons. The van der Waals surface area contributed by atoms with Gasteiger partial charge in [0.1, 0.15) is 6.04 Å². The van der Waals surface area contributed by atoms with Crippen molar-refractivity contribution in [3.8, 4) is 0 Å². The van der Waals surface area contributed by atoms with Crippen LogP contribution in [0.25, 0.3) is 6.08 Å². The third-order valence-corrected chi connectivity index (χ3v) is 5.81. The molecule has 2 amide bonds. The second kappa shape index (κ2) is 8.42. The predicted molar refractivity (Wildman–Crippen MR) is 110 cm³/mol. The summed E-state index contributed by atoms with van der Waals surface area (Å²) in [5, 5.41) is 3.02. The van der Waals surface area contributed by atoms with Crippen LogP contribution in [-0.4, -0.2) is 28.8 Å². The summed E-state index contributed by atoms with van der Waals surface area (Å²) >= 11 is 0. The minimum atomic E-state index is -0.559. The van der Waals surface area contributed by atoms with Gasteiger partial charge in [-0.15, -0.1) is 0 Å². The standard InChI is InChI=1S/C24H26N2O2/c27-23(25-17-19-11-5-2-6-12-19)22(16-15-18-9-3-1-4-10-18)26-21-14-8-7-13-20(21)24(26)28/h1-6,9-12,15-16,20-22H,7-8,13-14,17H2,(H,25,27)/b16-15+/t20-,21+,22?/m1/s1. The Morgan fingerprint density at radius 3 is 2.46 bits per heavy atom. The van der Waals surface area contributed by atoms with E-state index < -0.39 is 6.04 Å². The number of hydrogen-bond donors (Lipinski definition) is 1. The van der Waals surface area contributed by atoms with Crippen LogP contribution in [0.15, 0.2) is 66.7 Å². The lowest BCUT2D eigenvalue weighted by molar-refractivity contribution is -0.165. The molecule has 4 rings (SSSR count). The zero-order chi connectivity index (χ0) is 19.3. The van der Waals surface area contributed by atoms with E-state index in [1.54, 1.807) is 0 Å². The van der Waals surface area contributed by atoms with Gasteiger partial charge in [-0.1, -0.05) is 85.7 Å². The Balaban J connectivity index is 1.52. The largest absolute Gasteiger partial charge is 0.350 e. The van der Waals surface area contributed by atoms with E-state index in [-0.39, 0.29) is 23.8 Å². The molecule has 0 spiro atoms. The minimum absolute atomic E-state index is 0.114. The molecule has 2 fully saturated rings. The van der Waals surface area contributed by atoms with Crippen molar-refractivity contribution < 1.29 is 9.59 Å². The van der Waals surface area contributed by atoms with Crippen LogP contribution in [0.1, 0.15) is 36.8 Å². The van der Waals surface area contributed by atoms with Gasteiger partial charge in [0.25, 0.3) is 0 Å². The van der Waals surface area contributed by atoms with Crippen molar-refractivity contribution in [2.45, 2.75) is 44.3 Å². The lowest BCUT2D eigenvalue weighted by atomic mass is 9.75. The quantitative estimate of drug-likeness (QED) is 0.782. The van der Waals surface area contributed by atoms with E-state index in [1.807, 2.05) is 77.7 Å². The second-order valence-electron chi connectivity index (χ2n) is 7.62. The van der Waals surface area contributed by atoms with Gasteiger partial charge in [0.05, 0.1) is 5.92 Å². The molecule has 4 heteroatoms. The molecule has 2 aromatic rings. The van der Waals surface area contributed by atoms with Crippen molar-refractivity contribution in [1.82, 2.24) is 10.2 Å². The molecular weight excluding hydrogens is 348 g/mol. The molecule has 3 atom stereocenters. The van der Waals surface area contributed by atoms with E-state index in [1.165, 1.54) is 0 Å². The van der Waals surface area contributed by atoms with E-state index in [9.17, 15) is 9.59 Å². The molecule has 2 aromatic carbocycles. The molecule has 0 aromatic heterocycles. The number of hydrogen-bond acceptors (Lipinski definition) is 2. The number of nitrogens with zero attached hydrogens (tertiary/aromatic N) is 1. The number of benzene rings is 2. The summed E-state index contributed by atoms with van der Waals surface area (Å²) in [6, 6.07) is 19.4. The minimum Gasteiger partial charge on any atom is -0.350 e. The molecule has 28 heavy (non-hydrogen) atoms. The zero-order valence-electron chi connectivity index (χ0n) is 16.0. The van der Waals surface area contributed by atoms with Crippen molar-refractivity contribution in [2.24, 2.45) is 5.92 Å². The molecule has 1 N–H and O–H groups in total. The van der Waals surface area contributed by atoms with Gasteiger partial charge in [-0.05, 0) is 24.0 Å². The van der Waals surface area contributed by atoms with E-state index >= 15 is 0 Å². The number of carbonyl (C=O) groups excluding carboxylic acids is 2. The van der Waals surface area contributed by atoms with Gasteiger partial charge in [0, 0.05) is 12.6 Å². The summed E-state index contributed by atoms with van der Waals surface area (Å²) in [5.41, 5.74) is 2.07. The Bertz CT molecular complexity index is 847. The highest BCUT2D eigenvalue weighted by Gasteiger charge is 2.51. The number of carbonyl (C=O) groups is 2. The lowest BCUT2D eigenvalue weighted by Crippen LogP contribution is -2.67. The maximum atomic E-state index is 13.0. The first-order valence-electron chi connectivity index (χ1n) is 10.1. The number of likely N-dealkylation sites (tertiary alicyclic amines) is 1. The van der Waals surface area contributed by atoms with Crippen LogP contribution < -0.4 is 5.32 Å². The van der Waals surface area contributed by atoms with E-state index in [4.69, 9.17) is 0 Å². The normalized spacial score (nSPS) is 22.4. The van der Waals surface area contributed by atoms with Gasteiger partial charge < -0.3 is 10.2 Å². The smallest absolute Gasteiger partial charge is 0.247 e. The van der Waals surface area contributed by atoms with Crippen LogP contribution in [0, 0.1) is 5.92 Å². The molecule has 1 heterocycles. The first kappa shape index (κ1) is 18.5. The summed E-state index contributed by atoms with van der Waals surface area (Å²) in [5.74, 6) is 0.124. The molecule has 1 saturated carbocycles. The maximum Gasteiger partial charge on any atom is 0.247 e. The lowest BCUT2D eigenvalue weighted by Gasteiger charge is -2.52. The highest BCUT2D eigenvalue weighted by Crippen LogP contribution is 2.40. The van der Waals surface area contributed by atoms with E-state index in [0.717, 1.165) is 36.8 Å². The summed E-state index contributed by atoms with van der Waals surface area (Å²) in [4.78, 5) is 27.6. The summed E-state index contributed by atoms with van der Waals surface area (Å²) in [7, 11) is 0. The average molecular weight is 374 g/mol. The topological polar surface area (TPSA) is 49.4 Å². The number of rotatable bonds is 6. The van der Waals surface area contributed by atoms with Crippen molar-refractivity contribution >= 4 is 17.9 Å². The van der Waals surface area contributed by atoms with Crippen LogP contribution in [0.3, 0.4) is 0 Å². The highest BCUT2D eigenvalue weighted by molar-refractivity contribution is 5.94. The van der Waals surface area contributed by atoms with Crippen LogP contribution in [0.2, 0.25) is 0 Å². The van der Waals surface area contributed by atoms with Gasteiger partial charge in [0.15, 0.2) is 0 Å². The van der Waals surface area contributed by atoms with Crippen LogP contribution >= 0.6 is 0 Å². The molecule has 0 radical (unpaired) electrons. The third kappa shape index (κ3) is 3.86. The predicted octanol–water partition coefficient (Wildman–Crippen LogP) is 3.79. The highest BCUT2D eigenvalue weighted by atomic mass is 16.2. The average Bonchev–Trinajstić information content (AvgIpc) is 2.76. The Morgan fingerprint density at radius 2 is 1.71 bits per heavy atom. The van der Waals surface area contributed by atoms with E-state index in [2.05, 4.69) is 5.32 Å². The molecule has 1 unspecified atom stereocenters. The van der Waals surface area contributed by atoms with Gasteiger partial charge >= 0.3 is 0 Å². The molecule has 1 aliphatic carbocycles. The molecule has 0 bridgehead atoms. The molecule has 4 nitrogen and oxygen atoms in total. The Labute approximate surface area is 166 Å². The summed E-state index contributed by atoms with van der Waals surface area (Å²) in [6.07, 6.45) is 8.02. The summed E-state index contributed by atoms with van der Waals surface area (Å²) in [6.45, 7) is 0.464. The van der Waals surface area contributed by atoms with Crippen molar-refractivity contribution in [1.29, 1.82) is 0 Å². The van der Waals surface area contributed by atoms with Crippen LogP contribution in [-0.2, 0) is 16.1 Å². The number of amides is 2. The molecule has 1 aliphatic heterocycles. The van der Waals surface area contributed by atoms with Crippen molar-refractivity contribution in [3.05, 3.63) is 77.9 Å². The first-order chi connectivity index (χ1) is 13.7. The summed E-state index contributed by atoms with van der Waals surface area (Å²) < 4.78 is 0. The Hall–Kier alpha value is -2.88. The van der Waals surface area contributed by atoms with Gasteiger partial charge in [0.2, 0.25) is 11.8 Å². The fourth-order valence-electron chi connectivity index (χ4n) is 4.31. The van der Waals surface area contributed by atoms with Crippen molar-refractivity contribution in [2.75, 3.05) is 0 Å². The van der Waals surface area contributed by atoms with E-state index in [0.29, 0.717) is 6.54 Å². The SMILES string of the molecule is O=C(NCc1ccccc1)C(/C=C/c1ccccc1)N1C(=O)[C@@H]2CCCC[C@@H]21. The number of nitrogens with one attached hydrogen (secondary N) is 1. The second-order valence-corrected chi connectivity index (χ2v) is 7.62. The maximum absolute atomic E-state index is 13.0. The zero-order valence-corrected chi connectivity index (χ0v) is 16.0. The fraction of sp³-hybridized carbons (Fsp3) is 0.333. The monoisotopic (exact) mass is 374 g/mol. The molecule has 2 aliphatic rings. The van der Waals surface area contributed by atoms with Gasteiger partial charge in [-0.25, -0.2) is 0 Å². The van der Waals surface area contributed by atoms with Gasteiger partial charge in [-0.2, -0.15) is 0 Å². The number of fused-ring (bicyclic) bond motifs is 1. The van der Waals surface area contributed by atoms with Crippen LogP contribution in [0.4, 0.5) is 0 Å². The first-order valence-corrected chi connectivity index (χ1v) is 10.1. The van der Waals surface area contributed by atoms with Gasteiger partial charge in [-0.3, -0.25) is 9.59 Å². The fourth-order valence-corrected chi connectivity index (χ4v) is 4.31. The van der Waals surface area contributed by atoms with Crippen LogP contribution in [0.5, 0.6) is 0 Å². The molecule has 1 saturated heterocycles. The Morgan fingerprint density at radius 1 is 1.04 bits per heavy atom. The molecular formula is C24H26N2O2.